The molecule has 0 fully saturated rings. The van der Waals surface area contributed by atoms with Crippen LogP contribution in [0.1, 0.15) is 16.7 Å². The number of rotatable bonds is 6. The lowest BCUT2D eigenvalue weighted by atomic mass is 10.1. The summed E-state index contributed by atoms with van der Waals surface area (Å²) in [6.45, 7) is 1.64. The quantitative estimate of drug-likeness (QED) is 0.365. The van der Waals surface area contributed by atoms with E-state index < -0.39 is 12.8 Å². The molecule has 0 spiro atoms. The number of hydrogen-bond donors (Lipinski definition) is 2. The molecular weight excluding hydrogens is 472 g/mol. The molecule has 0 atom stereocenters. The number of benzene rings is 1. The lowest BCUT2D eigenvalue weighted by Gasteiger charge is -2.13. The number of nitrogens with one attached hydrogen (secondary N) is 2. The van der Waals surface area contributed by atoms with Gasteiger partial charge in [-0.3, -0.25) is 4.99 Å². The van der Waals surface area contributed by atoms with E-state index in [0.29, 0.717) is 19.0 Å². The molecule has 0 aliphatic rings. The molecule has 0 radical (unpaired) electrons. The zero-order chi connectivity index (χ0) is 19.0. The summed E-state index contributed by atoms with van der Waals surface area (Å²) in [5.41, 5.74) is 3.04. The van der Waals surface area contributed by atoms with Crippen molar-refractivity contribution >= 4 is 29.9 Å². The van der Waals surface area contributed by atoms with Gasteiger partial charge in [0.15, 0.2) is 12.6 Å². The second kappa shape index (κ2) is 11.0. The van der Waals surface area contributed by atoms with Crippen molar-refractivity contribution in [2.45, 2.75) is 26.2 Å². The third kappa shape index (κ3) is 8.94. The lowest BCUT2D eigenvalue weighted by Crippen LogP contribution is -2.36. The summed E-state index contributed by atoms with van der Waals surface area (Å²) in [6.07, 6.45) is -2.98. The summed E-state index contributed by atoms with van der Waals surface area (Å²) >= 11 is 0. The van der Waals surface area contributed by atoms with Crippen molar-refractivity contribution < 1.29 is 17.9 Å². The number of pyridine rings is 1. The molecule has 0 unspecified atom stereocenters. The van der Waals surface area contributed by atoms with Crippen molar-refractivity contribution in [3.05, 3.63) is 59.3 Å². The smallest absolute Gasteiger partial charge is 0.422 e. The Morgan fingerprint density at radius 2 is 1.70 bits per heavy atom. The van der Waals surface area contributed by atoms with Gasteiger partial charge < -0.3 is 15.4 Å². The van der Waals surface area contributed by atoms with E-state index in [1.165, 1.54) is 17.8 Å². The molecule has 148 valence electrons. The fraction of sp³-hybridized carbons (Fsp3) is 0.333. The maximum Gasteiger partial charge on any atom is 0.422 e. The average molecular weight is 494 g/mol. The van der Waals surface area contributed by atoms with E-state index in [-0.39, 0.29) is 29.9 Å². The molecule has 9 heteroatoms. The highest BCUT2D eigenvalue weighted by Gasteiger charge is 2.28. The minimum atomic E-state index is -4.39. The molecule has 0 saturated carbocycles. The first-order valence-corrected chi connectivity index (χ1v) is 8.00. The SMILES string of the molecule is CN=C(NCc1ccc(C)cc1)NCc1ccnc(OCC(F)(F)F)c1.I. The van der Waals surface area contributed by atoms with Crippen LogP contribution in [-0.2, 0) is 13.1 Å². The first-order chi connectivity index (χ1) is 12.4. The van der Waals surface area contributed by atoms with Crippen LogP contribution in [0.15, 0.2) is 47.6 Å². The highest BCUT2D eigenvalue weighted by molar-refractivity contribution is 14.0. The predicted molar refractivity (Wildman–Crippen MR) is 109 cm³/mol. The van der Waals surface area contributed by atoms with E-state index in [1.807, 2.05) is 31.2 Å². The third-order valence-electron chi connectivity index (χ3n) is 3.45. The standard InChI is InChI=1S/C18H21F3N4O.HI/c1-13-3-5-14(6-4-13)10-24-17(22-2)25-11-15-7-8-23-16(9-15)26-12-18(19,20)21;/h3-9H,10-12H2,1-2H3,(H2,22,24,25);1H. The van der Waals surface area contributed by atoms with Gasteiger partial charge in [-0.1, -0.05) is 29.8 Å². The molecule has 2 aromatic rings. The maximum absolute atomic E-state index is 12.2. The van der Waals surface area contributed by atoms with Gasteiger partial charge in [-0.15, -0.1) is 24.0 Å². The zero-order valence-electron chi connectivity index (χ0n) is 15.0. The normalized spacial score (nSPS) is 11.5. The molecule has 0 aliphatic heterocycles. The molecule has 2 rings (SSSR count). The Morgan fingerprint density at radius 3 is 2.30 bits per heavy atom. The van der Waals surface area contributed by atoms with Crippen molar-refractivity contribution in [1.29, 1.82) is 0 Å². The van der Waals surface area contributed by atoms with Crippen LogP contribution in [0.3, 0.4) is 0 Å². The Kier molecular flexibility index (Phi) is 9.33. The van der Waals surface area contributed by atoms with Gasteiger partial charge >= 0.3 is 6.18 Å². The van der Waals surface area contributed by atoms with Crippen molar-refractivity contribution in [1.82, 2.24) is 15.6 Å². The van der Waals surface area contributed by atoms with Crippen LogP contribution in [0.5, 0.6) is 5.88 Å². The summed E-state index contributed by atoms with van der Waals surface area (Å²) in [5, 5.41) is 6.28. The molecule has 1 heterocycles. The first-order valence-electron chi connectivity index (χ1n) is 8.00. The van der Waals surface area contributed by atoms with Gasteiger partial charge in [0.05, 0.1) is 0 Å². The second-order valence-electron chi connectivity index (χ2n) is 5.67. The number of alkyl halides is 3. The summed E-state index contributed by atoms with van der Waals surface area (Å²) in [4.78, 5) is 7.90. The van der Waals surface area contributed by atoms with Gasteiger partial charge in [-0.25, -0.2) is 4.98 Å². The molecule has 1 aromatic carbocycles. The van der Waals surface area contributed by atoms with Gasteiger partial charge in [-0.2, -0.15) is 13.2 Å². The van der Waals surface area contributed by atoms with Crippen LogP contribution < -0.4 is 15.4 Å². The fourth-order valence-electron chi connectivity index (χ4n) is 2.09. The molecule has 2 N–H and O–H groups in total. The Balaban J connectivity index is 0.00000364. The van der Waals surface area contributed by atoms with E-state index in [4.69, 9.17) is 0 Å². The molecular formula is C18H22F3IN4O. The number of aliphatic imine (C=N–C) groups is 1. The number of aromatic nitrogens is 1. The first kappa shape index (κ1) is 23.0. The fourth-order valence-corrected chi connectivity index (χ4v) is 2.09. The van der Waals surface area contributed by atoms with Crippen LogP contribution >= 0.6 is 24.0 Å². The monoisotopic (exact) mass is 494 g/mol. The Labute approximate surface area is 173 Å². The van der Waals surface area contributed by atoms with Crippen LogP contribution in [0.25, 0.3) is 0 Å². The van der Waals surface area contributed by atoms with Crippen molar-refractivity contribution in [3.63, 3.8) is 0 Å². The molecule has 5 nitrogen and oxygen atoms in total. The zero-order valence-corrected chi connectivity index (χ0v) is 17.3. The van der Waals surface area contributed by atoms with Gasteiger partial charge in [0, 0.05) is 32.4 Å². The number of aryl methyl sites for hydroxylation is 1. The molecule has 0 aliphatic carbocycles. The number of ether oxygens (including phenoxy) is 1. The van der Waals surface area contributed by atoms with Crippen LogP contribution in [0.4, 0.5) is 13.2 Å². The highest BCUT2D eigenvalue weighted by Crippen LogP contribution is 2.17. The minimum absolute atomic E-state index is 0. The van der Waals surface area contributed by atoms with Gasteiger partial charge in [-0.05, 0) is 24.1 Å². The van der Waals surface area contributed by atoms with Crippen molar-refractivity contribution in [2.75, 3.05) is 13.7 Å². The van der Waals surface area contributed by atoms with Crippen LogP contribution in [0.2, 0.25) is 0 Å². The summed E-state index contributed by atoms with van der Waals surface area (Å²) in [7, 11) is 1.65. The topological polar surface area (TPSA) is 58.5 Å². The molecule has 0 bridgehead atoms. The van der Waals surface area contributed by atoms with Crippen molar-refractivity contribution in [3.8, 4) is 5.88 Å². The lowest BCUT2D eigenvalue weighted by molar-refractivity contribution is -0.154. The Hall–Kier alpha value is -2.04. The Morgan fingerprint density at radius 1 is 1.07 bits per heavy atom. The summed E-state index contributed by atoms with van der Waals surface area (Å²) in [5.74, 6) is 0.518. The van der Waals surface area contributed by atoms with E-state index in [9.17, 15) is 13.2 Å². The molecule has 27 heavy (non-hydrogen) atoms. The number of halogens is 4. The largest absolute Gasteiger partial charge is 0.468 e. The van der Waals surface area contributed by atoms with Gasteiger partial charge in [0.25, 0.3) is 0 Å². The average Bonchev–Trinajstić information content (AvgIpc) is 2.61. The molecule has 1 aromatic heterocycles. The molecule has 0 amide bonds. The summed E-state index contributed by atoms with van der Waals surface area (Å²) in [6, 6.07) is 11.3. The summed E-state index contributed by atoms with van der Waals surface area (Å²) < 4.78 is 41.2. The number of nitrogens with zero attached hydrogens (tertiary/aromatic N) is 2. The van der Waals surface area contributed by atoms with Crippen LogP contribution in [-0.4, -0.2) is 30.8 Å². The van der Waals surface area contributed by atoms with Crippen molar-refractivity contribution in [2.24, 2.45) is 4.99 Å². The Bertz CT molecular complexity index is 736. The van der Waals surface area contributed by atoms with E-state index in [1.54, 1.807) is 13.1 Å². The third-order valence-corrected chi connectivity index (χ3v) is 3.45. The maximum atomic E-state index is 12.2. The molecule has 0 saturated heterocycles. The number of guanidine groups is 1. The van der Waals surface area contributed by atoms with Gasteiger partial charge in [0.1, 0.15) is 0 Å². The van der Waals surface area contributed by atoms with E-state index in [2.05, 4.69) is 25.3 Å². The predicted octanol–water partition coefficient (Wildman–Crippen LogP) is 3.81. The minimum Gasteiger partial charge on any atom is -0.468 e. The van der Waals surface area contributed by atoms with Crippen LogP contribution in [0, 0.1) is 6.92 Å². The van der Waals surface area contributed by atoms with E-state index in [0.717, 1.165) is 11.1 Å². The van der Waals surface area contributed by atoms with Gasteiger partial charge in [0.2, 0.25) is 5.88 Å². The number of hydrogen-bond acceptors (Lipinski definition) is 3. The highest BCUT2D eigenvalue weighted by atomic mass is 127. The van der Waals surface area contributed by atoms with E-state index >= 15 is 0 Å². The second-order valence-corrected chi connectivity index (χ2v) is 5.67.